The molecule has 1 aliphatic rings. The highest BCUT2D eigenvalue weighted by molar-refractivity contribution is 9.10. The Hall–Kier alpha value is -0.540. The van der Waals surface area contributed by atoms with Crippen LogP contribution in [0, 0.1) is 5.92 Å². The standard InChI is InChI=1S/C13H18BrNO/c1-15-9-11-4-5-13(12(14)8-11)16-7-6-10-2-3-10/h4-5,8,10,15H,2-3,6-7,9H2,1H3. The van der Waals surface area contributed by atoms with Gasteiger partial charge in [-0.2, -0.15) is 0 Å². The molecular formula is C13H18BrNO. The molecule has 0 amide bonds. The zero-order valence-electron chi connectivity index (χ0n) is 9.63. The van der Waals surface area contributed by atoms with Crippen LogP contribution in [-0.4, -0.2) is 13.7 Å². The summed E-state index contributed by atoms with van der Waals surface area (Å²) in [7, 11) is 1.95. The van der Waals surface area contributed by atoms with E-state index in [1.54, 1.807) is 0 Å². The van der Waals surface area contributed by atoms with E-state index in [2.05, 4.69) is 33.4 Å². The fraction of sp³-hybridized carbons (Fsp3) is 0.538. The predicted octanol–water partition coefficient (Wildman–Crippen LogP) is 3.35. The number of hydrogen-bond acceptors (Lipinski definition) is 2. The van der Waals surface area contributed by atoms with Crippen LogP contribution < -0.4 is 10.1 Å². The predicted molar refractivity (Wildman–Crippen MR) is 69.7 cm³/mol. The number of ether oxygens (including phenoxy) is 1. The minimum absolute atomic E-state index is 0.842. The minimum atomic E-state index is 0.842. The van der Waals surface area contributed by atoms with Gasteiger partial charge in [0.25, 0.3) is 0 Å². The second-order valence-electron chi connectivity index (χ2n) is 4.38. The molecule has 16 heavy (non-hydrogen) atoms. The molecule has 1 fully saturated rings. The Balaban J connectivity index is 1.87. The second kappa shape index (κ2) is 5.69. The first-order valence-electron chi connectivity index (χ1n) is 5.85. The molecule has 0 atom stereocenters. The van der Waals surface area contributed by atoms with Gasteiger partial charge in [-0.15, -0.1) is 0 Å². The molecule has 88 valence electrons. The molecule has 1 aromatic carbocycles. The monoisotopic (exact) mass is 283 g/mol. The molecule has 3 heteroatoms. The van der Waals surface area contributed by atoms with E-state index in [9.17, 15) is 0 Å². The molecule has 2 nitrogen and oxygen atoms in total. The average Bonchev–Trinajstić information content (AvgIpc) is 3.06. The van der Waals surface area contributed by atoms with E-state index < -0.39 is 0 Å². The van der Waals surface area contributed by atoms with Gasteiger partial charge in [0, 0.05) is 6.54 Å². The van der Waals surface area contributed by atoms with Crippen LogP contribution in [-0.2, 0) is 6.54 Å². The number of halogens is 1. The molecule has 2 rings (SSSR count). The number of nitrogens with one attached hydrogen (secondary N) is 1. The molecule has 1 aliphatic carbocycles. The van der Waals surface area contributed by atoms with Crippen molar-refractivity contribution in [3.8, 4) is 5.75 Å². The van der Waals surface area contributed by atoms with Crippen LogP contribution in [0.1, 0.15) is 24.8 Å². The Kier molecular flexibility index (Phi) is 4.24. The number of rotatable bonds is 6. The fourth-order valence-corrected chi connectivity index (χ4v) is 2.26. The van der Waals surface area contributed by atoms with Gasteiger partial charge in [-0.05, 0) is 53.0 Å². The lowest BCUT2D eigenvalue weighted by Gasteiger charge is -2.09. The quantitative estimate of drug-likeness (QED) is 0.865. The molecule has 0 aromatic heterocycles. The Morgan fingerprint density at radius 1 is 1.44 bits per heavy atom. The lowest BCUT2D eigenvalue weighted by atomic mass is 10.2. The van der Waals surface area contributed by atoms with Gasteiger partial charge in [0.15, 0.2) is 0 Å². The average molecular weight is 284 g/mol. The van der Waals surface area contributed by atoms with E-state index >= 15 is 0 Å². The van der Waals surface area contributed by atoms with Gasteiger partial charge in [-0.3, -0.25) is 0 Å². The maximum absolute atomic E-state index is 5.75. The van der Waals surface area contributed by atoms with Crippen molar-refractivity contribution in [1.29, 1.82) is 0 Å². The summed E-state index contributed by atoms with van der Waals surface area (Å²) in [4.78, 5) is 0. The third kappa shape index (κ3) is 3.49. The van der Waals surface area contributed by atoms with E-state index in [4.69, 9.17) is 4.74 Å². The number of hydrogen-bond donors (Lipinski definition) is 1. The van der Waals surface area contributed by atoms with Crippen LogP contribution in [0.5, 0.6) is 5.75 Å². The molecule has 0 unspecified atom stereocenters. The molecule has 0 radical (unpaired) electrons. The zero-order chi connectivity index (χ0) is 11.4. The normalized spacial score (nSPS) is 15.1. The van der Waals surface area contributed by atoms with Gasteiger partial charge in [0.05, 0.1) is 11.1 Å². The van der Waals surface area contributed by atoms with Gasteiger partial charge in [-0.1, -0.05) is 18.9 Å². The maximum atomic E-state index is 5.75. The molecule has 0 heterocycles. The maximum Gasteiger partial charge on any atom is 0.133 e. The summed E-state index contributed by atoms with van der Waals surface area (Å²) in [6, 6.07) is 6.26. The van der Waals surface area contributed by atoms with Crippen molar-refractivity contribution in [3.05, 3.63) is 28.2 Å². The Morgan fingerprint density at radius 3 is 2.88 bits per heavy atom. The second-order valence-corrected chi connectivity index (χ2v) is 5.23. The highest BCUT2D eigenvalue weighted by atomic mass is 79.9. The SMILES string of the molecule is CNCc1ccc(OCCC2CC2)c(Br)c1. The van der Waals surface area contributed by atoms with Crippen LogP contribution >= 0.6 is 15.9 Å². The zero-order valence-corrected chi connectivity index (χ0v) is 11.2. The Labute approximate surface area is 106 Å². The van der Waals surface area contributed by atoms with Crippen LogP contribution in [0.4, 0.5) is 0 Å². The van der Waals surface area contributed by atoms with Gasteiger partial charge < -0.3 is 10.1 Å². The highest BCUT2D eigenvalue weighted by Crippen LogP contribution is 2.33. The Morgan fingerprint density at radius 2 is 2.25 bits per heavy atom. The van der Waals surface area contributed by atoms with Crippen LogP contribution in [0.25, 0.3) is 0 Å². The van der Waals surface area contributed by atoms with Gasteiger partial charge >= 0.3 is 0 Å². The fourth-order valence-electron chi connectivity index (χ4n) is 1.72. The topological polar surface area (TPSA) is 21.3 Å². The molecule has 0 bridgehead atoms. The van der Waals surface area contributed by atoms with Crippen molar-refractivity contribution in [3.63, 3.8) is 0 Å². The van der Waals surface area contributed by atoms with Crippen molar-refractivity contribution in [2.24, 2.45) is 5.92 Å². The van der Waals surface area contributed by atoms with Crippen molar-refractivity contribution in [1.82, 2.24) is 5.32 Å². The van der Waals surface area contributed by atoms with Gasteiger partial charge in [-0.25, -0.2) is 0 Å². The highest BCUT2D eigenvalue weighted by Gasteiger charge is 2.20. The van der Waals surface area contributed by atoms with Gasteiger partial charge in [0.2, 0.25) is 0 Å². The summed E-state index contributed by atoms with van der Waals surface area (Å²) in [5.74, 6) is 1.89. The largest absolute Gasteiger partial charge is 0.492 e. The lowest BCUT2D eigenvalue weighted by Crippen LogP contribution is -2.05. The lowest BCUT2D eigenvalue weighted by molar-refractivity contribution is 0.300. The van der Waals surface area contributed by atoms with Crippen molar-refractivity contribution < 1.29 is 4.74 Å². The first kappa shape index (κ1) is 11.9. The first-order chi connectivity index (χ1) is 7.79. The van der Waals surface area contributed by atoms with Crippen LogP contribution in [0.3, 0.4) is 0 Å². The van der Waals surface area contributed by atoms with E-state index in [0.29, 0.717) is 0 Å². The summed E-state index contributed by atoms with van der Waals surface area (Å²) in [5.41, 5.74) is 1.27. The van der Waals surface area contributed by atoms with Gasteiger partial charge in [0.1, 0.15) is 5.75 Å². The molecule has 0 spiro atoms. The smallest absolute Gasteiger partial charge is 0.133 e. The van der Waals surface area contributed by atoms with Crippen LogP contribution in [0.2, 0.25) is 0 Å². The van der Waals surface area contributed by atoms with E-state index in [-0.39, 0.29) is 0 Å². The molecule has 1 aromatic rings. The van der Waals surface area contributed by atoms with E-state index in [0.717, 1.165) is 29.3 Å². The Bertz CT molecular complexity index is 350. The van der Waals surface area contributed by atoms with E-state index in [1.165, 1.54) is 24.8 Å². The van der Waals surface area contributed by atoms with Crippen molar-refractivity contribution >= 4 is 15.9 Å². The molecule has 1 N–H and O–H groups in total. The molecular weight excluding hydrogens is 266 g/mol. The summed E-state index contributed by atoms with van der Waals surface area (Å²) < 4.78 is 6.81. The molecule has 0 saturated heterocycles. The third-order valence-corrected chi connectivity index (χ3v) is 3.48. The minimum Gasteiger partial charge on any atom is -0.492 e. The number of benzene rings is 1. The summed E-state index contributed by atoms with van der Waals surface area (Å²) in [6.45, 7) is 1.73. The van der Waals surface area contributed by atoms with Crippen molar-refractivity contribution in [2.45, 2.75) is 25.8 Å². The summed E-state index contributed by atoms with van der Waals surface area (Å²) in [5, 5.41) is 3.14. The third-order valence-electron chi connectivity index (χ3n) is 2.86. The van der Waals surface area contributed by atoms with E-state index in [1.807, 2.05) is 13.1 Å². The molecule has 1 saturated carbocycles. The summed E-state index contributed by atoms with van der Waals surface area (Å²) in [6.07, 6.45) is 3.99. The van der Waals surface area contributed by atoms with Crippen molar-refractivity contribution in [2.75, 3.05) is 13.7 Å². The first-order valence-corrected chi connectivity index (χ1v) is 6.64. The van der Waals surface area contributed by atoms with Crippen LogP contribution in [0.15, 0.2) is 22.7 Å². The molecule has 0 aliphatic heterocycles. The summed E-state index contributed by atoms with van der Waals surface area (Å²) >= 11 is 3.55.